The zero-order chi connectivity index (χ0) is 13.3. The summed E-state index contributed by atoms with van der Waals surface area (Å²) in [6, 6.07) is 0.0674. The number of sulfonamides is 1. The summed E-state index contributed by atoms with van der Waals surface area (Å²) in [4.78, 5) is 13.3. The van der Waals surface area contributed by atoms with Gasteiger partial charge in [0.2, 0.25) is 10.0 Å². The van der Waals surface area contributed by atoms with Crippen LogP contribution in [0.2, 0.25) is 0 Å². The maximum atomic E-state index is 11.7. The molecule has 2 fully saturated rings. The van der Waals surface area contributed by atoms with E-state index in [-0.39, 0.29) is 25.0 Å². The van der Waals surface area contributed by atoms with Gasteiger partial charge >= 0.3 is 5.97 Å². The Morgan fingerprint density at radius 2 is 2.00 bits per heavy atom. The fourth-order valence-corrected chi connectivity index (χ4v) is 3.44. The lowest BCUT2D eigenvalue weighted by Gasteiger charge is -2.35. The molecule has 2 unspecified atom stereocenters. The molecular weight excluding hydrogens is 294 g/mol. The second-order valence-corrected chi connectivity index (χ2v) is 6.95. The first-order valence-electron chi connectivity index (χ1n) is 6.00. The van der Waals surface area contributed by atoms with Crippen molar-refractivity contribution in [2.75, 3.05) is 45.5 Å². The number of hydrogen-bond donors (Lipinski definition) is 2. The number of aliphatic carboxylic acids is 1. The first kappa shape index (κ1) is 16.6. The lowest BCUT2D eigenvalue weighted by atomic mass is 10.1. The number of nitrogens with one attached hydrogen (secondary N) is 1. The van der Waals surface area contributed by atoms with E-state index >= 15 is 0 Å². The summed E-state index contributed by atoms with van der Waals surface area (Å²) in [7, 11) is -3.35. The van der Waals surface area contributed by atoms with Crippen LogP contribution in [0.3, 0.4) is 0 Å². The van der Waals surface area contributed by atoms with Crippen LogP contribution < -0.4 is 5.32 Å². The number of carboxylic acids is 1. The Hall–Kier alpha value is -0.410. The van der Waals surface area contributed by atoms with Crippen molar-refractivity contribution in [3.63, 3.8) is 0 Å². The molecule has 0 aromatic carbocycles. The Balaban J connectivity index is 0.00000180. The number of halogens is 1. The quantitative estimate of drug-likeness (QED) is 0.656. The van der Waals surface area contributed by atoms with E-state index in [0.717, 1.165) is 19.3 Å². The van der Waals surface area contributed by atoms with Crippen molar-refractivity contribution < 1.29 is 18.3 Å². The molecule has 0 bridgehead atoms. The molecule has 112 valence electrons. The molecule has 2 heterocycles. The first-order chi connectivity index (χ1) is 8.38. The highest BCUT2D eigenvalue weighted by molar-refractivity contribution is 7.88. The maximum Gasteiger partial charge on any atom is 0.309 e. The van der Waals surface area contributed by atoms with Gasteiger partial charge in [0.1, 0.15) is 0 Å². The monoisotopic (exact) mass is 313 g/mol. The van der Waals surface area contributed by atoms with E-state index in [1.54, 1.807) is 0 Å². The number of carbonyl (C=O) groups is 1. The highest BCUT2D eigenvalue weighted by Gasteiger charge is 2.37. The second kappa shape index (κ2) is 6.36. The van der Waals surface area contributed by atoms with Gasteiger partial charge in [-0.05, 0) is 0 Å². The lowest BCUT2D eigenvalue weighted by Crippen LogP contribution is -2.54. The zero-order valence-electron chi connectivity index (χ0n) is 10.8. The van der Waals surface area contributed by atoms with Gasteiger partial charge in [-0.15, -0.1) is 12.4 Å². The normalized spacial score (nSPS) is 29.9. The van der Waals surface area contributed by atoms with Gasteiger partial charge in [0, 0.05) is 45.3 Å². The Morgan fingerprint density at radius 3 is 2.58 bits per heavy atom. The van der Waals surface area contributed by atoms with E-state index < -0.39 is 21.9 Å². The molecule has 0 aliphatic carbocycles. The molecule has 0 radical (unpaired) electrons. The van der Waals surface area contributed by atoms with Gasteiger partial charge in [-0.2, -0.15) is 4.31 Å². The number of piperazine rings is 1. The van der Waals surface area contributed by atoms with E-state index in [1.807, 2.05) is 0 Å². The van der Waals surface area contributed by atoms with Crippen molar-refractivity contribution in [1.29, 1.82) is 0 Å². The molecule has 7 nitrogen and oxygen atoms in total. The molecule has 0 spiro atoms. The molecule has 2 rings (SSSR count). The van der Waals surface area contributed by atoms with E-state index in [1.165, 1.54) is 4.31 Å². The standard InChI is InChI=1S/C10H19N3O4S.ClH/c1-18(16,17)13-6-8(10(14)15)5-12-3-2-11-4-9(12)7-13;/h8-9,11H,2-7H2,1H3,(H,14,15);1H. The fraction of sp³-hybridized carbons (Fsp3) is 0.900. The van der Waals surface area contributed by atoms with Gasteiger partial charge in [0.15, 0.2) is 0 Å². The topological polar surface area (TPSA) is 90.0 Å². The first-order valence-corrected chi connectivity index (χ1v) is 7.85. The van der Waals surface area contributed by atoms with Crippen LogP contribution in [0.25, 0.3) is 0 Å². The second-order valence-electron chi connectivity index (χ2n) is 4.97. The number of nitrogens with zero attached hydrogens (tertiary/aromatic N) is 2. The fourth-order valence-electron chi connectivity index (χ4n) is 2.55. The summed E-state index contributed by atoms with van der Waals surface area (Å²) in [6.07, 6.45) is 1.14. The minimum atomic E-state index is -3.35. The van der Waals surface area contributed by atoms with Crippen LogP contribution in [0, 0.1) is 5.92 Å². The largest absolute Gasteiger partial charge is 0.481 e. The summed E-state index contributed by atoms with van der Waals surface area (Å²) < 4.78 is 24.6. The Bertz CT molecular complexity index is 430. The van der Waals surface area contributed by atoms with Crippen molar-refractivity contribution in [3.05, 3.63) is 0 Å². The van der Waals surface area contributed by atoms with Crippen molar-refractivity contribution in [3.8, 4) is 0 Å². The summed E-state index contributed by atoms with van der Waals surface area (Å²) in [6.45, 7) is 3.16. The van der Waals surface area contributed by atoms with Crippen LogP contribution in [0.5, 0.6) is 0 Å². The van der Waals surface area contributed by atoms with Crippen LogP contribution in [0.1, 0.15) is 0 Å². The van der Waals surface area contributed by atoms with Crippen LogP contribution >= 0.6 is 12.4 Å². The van der Waals surface area contributed by atoms with Crippen LogP contribution in [-0.2, 0) is 14.8 Å². The molecule has 0 saturated carbocycles. The Labute approximate surface area is 119 Å². The third-order valence-electron chi connectivity index (χ3n) is 3.58. The highest BCUT2D eigenvalue weighted by Crippen LogP contribution is 2.18. The SMILES string of the molecule is CS(=O)(=O)N1CC(C(=O)O)CN2CCNCC2C1.Cl. The van der Waals surface area contributed by atoms with Gasteiger partial charge < -0.3 is 10.4 Å². The molecule has 9 heteroatoms. The van der Waals surface area contributed by atoms with E-state index in [0.29, 0.717) is 19.6 Å². The zero-order valence-corrected chi connectivity index (χ0v) is 12.4. The summed E-state index contributed by atoms with van der Waals surface area (Å²) in [5, 5.41) is 12.4. The molecule has 2 saturated heterocycles. The molecule has 2 aliphatic rings. The molecule has 0 aromatic rings. The molecule has 0 amide bonds. The number of rotatable bonds is 2. The Kier molecular flexibility index (Phi) is 5.57. The number of carboxylic acid groups (broad SMARTS) is 1. The predicted octanol–water partition coefficient (Wildman–Crippen LogP) is -1.34. The summed E-state index contributed by atoms with van der Waals surface area (Å²) in [5.74, 6) is -1.58. The summed E-state index contributed by atoms with van der Waals surface area (Å²) >= 11 is 0. The maximum absolute atomic E-state index is 11.7. The van der Waals surface area contributed by atoms with Crippen LogP contribution in [0.4, 0.5) is 0 Å². The molecular formula is C10H20ClN3O4S. The van der Waals surface area contributed by atoms with Crippen molar-refractivity contribution in [2.24, 2.45) is 5.92 Å². The van der Waals surface area contributed by atoms with Crippen molar-refractivity contribution in [1.82, 2.24) is 14.5 Å². The van der Waals surface area contributed by atoms with Crippen LogP contribution in [0.15, 0.2) is 0 Å². The van der Waals surface area contributed by atoms with Gasteiger partial charge in [0.05, 0.1) is 12.2 Å². The average Bonchev–Trinajstić information content (AvgIpc) is 2.47. The lowest BCUT2D eigenvalue weighted by molar-refractivity contribution is -0.142. The van der Waals surface area contributed by atoms with Crippen LogP contribution in [-0.4, -0.2) is 80.3 Å². The van der Waals surface area contributed by atoms with Gasteiger partial charge in [-0.3, -0.25) is 9.69 Å². The smallest absolute Gasteiger partial charge is 0.309 e. The minimum absolute atomic E-state index is 0. The molecule has 0 aromatic heterocycles. The van der Waals surface area contributed by atoms with Gasteiger partial charge in [0.25, 0.3) is 0 Å². The van der Waals surface area contributed by atoms with Gasteiger partial charge in [-0.25, -0.2) is 8.42 Å². The molecule has 19 heavy (non-hydrogen) atoms. The van der Waals surface area contributed by atoms with Crippen molar-refractivity contribution >= 4 is 28.4 Å². The average molecular weight is 314 g/mol. The van der Waals surface area contributed by atoms with E-state index in [4.69, 9.17) is 0 Å². The van der Waals surface area contributed by atoms with E-state index in [2.05, 4.69) is 10.2 Å². The third kappa shape index (κ3) is 4.03. The molecule has 2 N–H and O–H groups in total. The third-order valence-corrected chi connectivity index (χ3v) is 4.82. The summed E-state index contributed by atoms with van der Waals surface area (Å²) in [5.41, 5.74) is 0. The highest BCUT2D eigenvalue weighted by atomic mass is 35.5. The van der Waals surface area contributed by atoms with Gasteiger partial charge in [-0.1, -0.05) is 0 Å². The number of hydrogen-bond acceptors (Lipinski definition) is 5. The van der Waals surface area contributed by atoms with Crippen molar-refractivity contribution in [2.45, 2.75) is 6.04 Å². The molecule has 2 atom stereocenters. The van der Waals surface area contributed by atoms with E-state index in [9.17, 15) is 18.3 Å². The predicted molar refractivity (Wildman–Crippen MR) is 73.0 cm³/mol. The Morgan fingerprint density at radius 1 is 1.32 bits per heavy atom. The minimum Gasteiger partial charge on any atom is -0.481 e. The molecule has 2 aliphatic heterocycles. The number of fused-ring (bicyclic) bond motifs is 1.